The molecule has 1 aliphatic carbocycles. The Hall–Kier alpha value is -0.900. The Kier molecular flexibility index (Phi) is 2.31. The van der Waals surface area contributed by atoms with Gasteiger partial charge in [0, 0.05) is 0 Å². The number of aliphatic hydroxyl groups is 1. The van der Waals surface area contributed by atoms with Gasteiger partial charge in [-0.2, -0.15) is 0 Å². The van der Waals surface area contributed by atoms with E-state index in [9.17, 15) is 5.11 Å². The Morgan fingerprint density at radius 1 is 1.43 bits per heavy atom. The molecule has 1 aromatic heterocycles. The molecular formula is C10H17N3O. The van der Waals surface area contributed by atoms with E-state index in [2.05, 4.69) is 10.3 Å². The highest BCUT2D eigenvalue weighted by Gasteiger charge is 2.23. The van der Waals surface area contributed by atoms with E-state index in [1.54, 1.807) is 13.8 Å². The molecule has 0 bridgehead atoms. The summed E-state index contributed by atoms with van der Waals surface area (Å²) in [6.07, 6.45) is 6.81. The molecule has 1 fully saturated rings. The molecule has 0 amide bonds. The van der Waals surface area contributed by atoms with E-state index in [4.69, 9.17) is 0 Å². The summed E-state index contributed by atoms with van der Waals surface area (Å²) in [6, 6.07) is 0.499. The predicted molar refractivity (Wildman–Crippen MR) is 52.8 cm³/mol. The minimum absolute atomic E-state index is 0.499. The summed E-state index contributed by atoms with van der Waals surface area (Å²) < 4.78 is 1.90. The van der Waals surface area contributed by atoms with E-state index < -0.39 is 5.60 Å². The van der Waals surface area contributed by atoms with Crippen molar-refractivity contribution in [2.75, 3.05) is 0 Å². The second-order valence-corrected chi connectivity index (χ2v) is 4.58. The van der Waals surface area contributed by atoms with Gasteiger partial charge in [-0.25, -0.2) is 4.68 Å². The molecule has 4 nitrogen and oxygen atoms in total. The molecule has 0 aromatic carbocycles. The van der Waals surface area contributed by atoms with Crippen LogP contribution in [-0.2, 0) is 5.60 Å². The van der Waals surface area contributed by atoms with Gasteiger partial charge in [-0.05, 0) is 26.7 Å². The quantitative estimate of drug-likeness (QED) is 0.780. The van der Waals surface area contributed by atoms with Crippen LogP contribution < -0.4 is 0 Å². The third kappa shape index (κ3) is 1.80. The standard InChI is InChI=1S/C10H17N3O/c1-10(2,14)9-7-13(12-11-9)8-5-3-4-6-8/h7-8,14H,3-6H2,1-2H3. The third-order valence-corrected chi connectivity index (χ3v) is 2.84. The average Bonchev–Trinajstić information content (AvgIpc) is 2.73. The molecule has 14 heavy (non-hydrogen) atoms. The summed E-state index contributed by atoms with van der Waals surface area (Å²) in [6.45, 7) is 3.46. The molecule has 0 unspecified atom stereocenters. The Bertz CT molecular complexity index is 307. The number of rotatable bonds is 2. The molecule has 0 saturated heterocycles. The van der Waals surface area contributed by atoms with Crippen molar-refractivity contribution in [3.05, 3.63) is 11.9 Å². The molecule has 4 heteroatoms. The van der Waals surface area contributed by atoms with Crippen molar-refractivity contribution in [2.24, 2.45) is 0 Å². The fraction of sp³-hybridized carbons (Fsp3) is 0.800. The Morgan fingerprint density at radius 3 is 2.57 bits per heavy atom. The minimum Gasteiger partial charge on any atom is -0.384 e. The highest BCUT2D eigenvalue weighted by atomic mass is 16.3. The highest BCUT2D eigenvalue weighted by molar-refractivity contribution is 5.03. The second kappa shape index (κ2) is 3.35. The summed E-state index contributed by atoms with van der Waals surface area (Å²) in [5, 5.41) is 17.8. The smallest absolute Gasteiger partial charge is 0.114 e. The van der Waals surface area contributed by atoms with Gasteiger partial charge in [-0.15, -0.1) is 5.10 Å². The maximum Gasteiger partial charge on any atom is 0.114 e. The van der Waals surface area contributed by atoms with Gasteiger partial charge < -0.3 is 5.11 Å². The van der Waals surface area contributed by atoms with Gasteiger partial charge >= 0.3 is 0 Å². The maximum atomic E-state index is 9.73. The fourth-order valence-corrected chi connectivity index (χ4v) is 1.90. The molecule has 1 heterocycles. The molecule has 1 aromatic rings. The van der Waals surface area contributed by atoms with Crippen LogP contribution in [0.2, 0.25) is 0 Å². The molecular weight excluding hydrogens is 178 g/mol. The van der Waals surface area contributed by atoms with Gasteiger partial charge in [0.2, 0.25) is 0 Å². The van der Waals surface area contributed by atoms with Crippen molar-refractivity contribution in [1.82, 2.24) is 15.0 Å². The Morgan fingerprint density at radius 2 is 2.07 bits per heavy atom. The number of nitrogens with zero attached hydrogens (tertiary/aromatic N) is 3. The van der Waals surface area contributed by atoms with Crippen LogP contribution in [0.4, 0.5) is 0 Å². The summed E-state index contributed by atoms with van der Waals surface area (Å²) in [5.74, 6) is 0. The monoisotopic (exact) mass is 195 g/mol. The lowest BCUT2D eigenvalue weighted by molar-refractivity contribution is 0.0737. The van der Waals surface area contributed by atoms with E-state index in [-0.39, 0.29) is 0 Å². The molecule has 1 N–H and O–H groups in total. The van der Waals surface area contributed by atoms with Crippen molar-refractivity contribution < 1.29 is 5.11 Å². The minimum atomic E-state index is -0.878. The van der Waals surface area contributed by atoms with Crippen LogP contribution in [0, 0.1) is 0 Å². The lowest BCUT2D eigenvalue weighted by Gasteiger charge is -2.12. The second-order valence-electron chi connectivity index (χ2n) is 4.58. The zero-order valence-electron chi connectivity index (χ0n) is 8.77. The first-order valence-corrected chi connectivity index (χ1v) is 5.22. The lowest BCUT2D eigenvalue weighted by Crippen LogP contribution is -2.16. The van der Waals surface area contributed by atoms with Gasteiger partial charge in [-0.3, -0.25) is 0 Å². The summed E-state index contributed by atoms with van der Waals surface area (Å²) >= 11 is 0. The third-order valence-electron chi connectivity index (χ3n) is 2.84. The van der Waals surface area contributed by atoms with Gasteiger partial charge in [0.15, 0.2) is 0 Å². The van der Waals surface area contributed by atoms with Gasteiger partial charge in [0.05, 0.1) is 12.2 Å². The number of hydrogen-bond acceptors (Lipinski definition) is 3. The van der Waals surface area contributed by atoms with Crippen LogP contribution in [-0.4, -0.2) is 20.1 Å². The van der Waals surface area contributed by atoms with Crippen LogP contribution >= 0.6 is 0 Å². The maximum absolute atomic E-state index is 9.73. The molecule has 2 rings (SSSR count). The van der Waals surface area contributed by atoms with Gasteiger partial charge in [0.1, 0.15) is 11.3 Å². The lowest BCUT2D eigenvalue weighted by atomic mass is 10.1. The number of aromatic nitrogens is 3. The van der Waals surface area contributed by atoms with Crippen molar-refractivity contribution in [3.63, 3.8) is 0 Å². The van der Waals surface area contributed by atoms with Crippen LogP contribution in [0.1, 0.15) is 51.3 Å². The summed E-state index contributed by atoms with van der Waals surface area (Å²) in [4.78, 5) is 0. The largest absolute Gasteiger partial charge is 0.384 e. The Labute approximate surface area is 83.9 Å². The van der Waals surface area contributed by atoms with Crippen molar-refractivity contribution in [2.45, 2.75) is 51.2 Å². The van der Waals surface area contributed by atoms with Crippen molar-refractivity contribution >= 4 is 0 Å². The molecule has 0 radical (unpaired) electrons. The van der Waals surface area contributed by atoms with E-state index in [0.29, 0.717) is 11.7 Å². The summed E-state index contributed by atoms with van der Waals surface area (Å²) in [5.41, 5.74) is -0.221. The molecule has 78 valence electrons. The first kappa shape index (κ1) is 9.65. The zero-order chi connectivity index (χ0) is 10.2. The van der Waals surface area contributed by atoms with Gasteiger partial charge in [-0.1, -0.05) is 18.1 Å². The van der Waals surface area contributed by atoms with Gasteiger partial charge in [0.25, 0.3) is 0 Å². The molecule has 1 saturated carbocycles. The van der Waals surface area contributed by atoms with Crippen LogP contribution in [0.5, 0.6) is 0 Å². The molecule has 1 aliphatic rings. The van der Waals surface area contributed by atoms with E-state index >= 15 is 0 Å². The topological polar surface area (TPSA) is 50.9 Å². The van der Waals surface area contributed by atoms with Crippen molar-refractivity contribution in [1.29, 1.82) is 0 Å². The predicted octanol–water partition coefficient (Wildman–Crippen LogP) is 1.62. The number of hydrogen-bond donors (Lipinski definition) is 1. The SMILES string of the molecule is CC(C)(O)c1cn(C2CCCC2)nn1. The van der Waals surface area contributed by atoms with E-state index in [0.717, 1.165) is 0 Å². The first-order valence-electron chi connectivity index (χ1n) is 5.22. The summed E-state index contributed by atoms with van der Waals surface area (Å²) in [7, 11) is 0. The molecule has 0 aliphatic heterocycles. The highest BCUT2D eigenvalue weighted by Crippen LogP contribution is 2.29. The molecule has 0 atom stereocenters. The van der Waals surface area contributed by atoms with E-state index in [1.807, 2.05) is 10.9 Å². The first-order chi connectivity index (χ1) is 6.57. The average molecular weight is 195 g/mol. The molecule has 0 spiro atoms. The van der Waals surface area contributed by atoms with Crippen LogP contribution in [0.25, 0.3) is 0 Å². The zero-order valence-corrected chi connectivity index (χ0v) is 8.77. The normalized spacial score (nSPS) is 19.1. The van der Waals surface area contributed by atoms with Crippen molar-refractivity contribution in [3.8, 4) is 0 Å². The van der Waals surface area contributed by atoms with Crippen LogP contribution in [0.15, 0.2) is 6.20 Å². The Balaban J connectivity index is 2.17. The van der Waals surface area contributed by atoms with E-state index in [1.165, 1.54) is 25.7 Å². The fourth-order valence-electron chi connectivity index (χ4n) is 1.90. The van der Waals surface area contributed by atoms with Crippen LogP contribution in [0.3, 0.4) is 0 Å².